The van der Waals surface area contributed by atoms with E-state index in [1.54, 1.807) is 0 Å². The molecule has 0 aromatic carbocycles. The number of aliphatic hydroxyl groups excluding tert-OH is 3. The summed E-state index contributed by atoms with van der Waals surface area (Å²) in [5.74, 6) is 0.350. The molecule has 1 aromatic heterocycles. The number of hydrogen-bond donors (Lipinski definition) is 4. The fourth-order valence-corrected chi connectivity index (χ4v) is 1.39. The Kier molecular flexibility index (Phi) is 5.60. The topological polar surface area (TPSA) is 131 Å². The minimum atomic E-state index is -1.46. The minimum absolute atomic E-state index is 0.592. The van der Waals surface area contributed by atoms with Gasteiger partial charge in [-0.15, -0.1) is 6.42 Å². The first-order valence-corrected chi connectivity index (χ1v) is 5.50. The van der Waals surface area contributed by atoms with Gasteiger partial charge in [-0.25, -0.2) is 9.18 Å². The number of rotatable bonds is 6. The maximum atomic E-state index is 13.3. The molecular formula is C11H14FN3O5. The summed E-state index contributed by atoms with van der Waals surface area (Å²) in [6.07, 6.45) is 1.56. The fraction of sp³-hybridized carbons (Fsp3) is 0.455. The second-order valence-corrected chi connectivity index (χ2v) is 3.77. The van der Waals surface area contributed by atoms with Gasteiger partial charge in [0, 0.05) is 0 Å². The van der Waals surface area contributed by atoms with Crippen LogP contribution in [-0.2, 0) is 4.74 Å². The zero-order valence-electron chi connectivity index (χ0n) is 10.3. The third-order valence-corrected chi connectivity index (χ3v) is 2.44. The molecule has 0 saturated heterocycles. The number of hydrogen-bond acceptors (Lipinski definition) is 7. The summed E-state index contributed by atoms with van der Waals surface area (Å²) in [4.78, 5) is 14.7. The number of halogens is 1. The molecule has 0 amide bonds. The lowest BCUT2D eigenvalue weighted by atomic mass is 10.2. The number of nitrogens with two attached hydrogens (primary N) is 1. The Morgan fingerprint density at radius 3 is 2.70 bits per heavy atom. The van der Waals surface area contributed by atoms with Crippen LogP contribution in [0.1, 0.15) is 6.23 Å². The van der Waals surface area contributed by atoms with Gasteiger partial charge in [0.1, 0.15) is 12.2 Å². The molecule has 0 unspecified atom stereocenters. The van der Waals surface area contributed by atoms with Crippen LogP contribution in [0, 0.1) is 18.2 Å². The highest BCUT2D eigenvalue weighted by atomic mass is 19.1. The standard InChI is InChI=1S/C11H14FN3O5/c1-2-7(18)8(4-16)20-9(5-17)15-3-6(12)10(13)14-11(15)19/h1,3,7-9,16-18H,4-5H2,(H2,13,14,19)/t7-,8+,9+/m0/s1. The second kappa shape index (κ2) is 6.97. The predicted octanol–water partition coefficient (Wildman–Crippen LogP) is -2.17. The Morgan fingerprint density at radius 1 is 1.55 bits per heavy atom. The molecule has 0 aliphatic carbocycles. The lowest BCUT2D eigenvalue weighted by Gasteiger charge is -2.24. The normalized spacial score (nSPS) is 15.3. The predicted molar refractivity (Wildman–Crippen MR) is 65.8 cm³/mol. The molecule has 110 valence electrons. The molecule has 20 heavy (non-hydrogen) atoms. The van der Waals surface area contributed by atoms with Gasteiger partial charge >= 0.3 is 5.69 Å². The Balaban J connectivity index is 3.05. The smallest absolute Gasteiger partial charge is 0.351 e. The highest BCUT2D eigenvalue weighted by molar-refractivity contribution is 5.26. The van der Waals surface area contributed by atoms with Gasteiger partial charge in [-0.2, -0.15) is 4.98 Å². The molecule has 9 heteroatoms. The molecular weight excluding hydrogens is 273 g/mol. The number of nitrogen functional groups attached to an aromatic ring is 1. The first-order chi connectivity index (χ1) is 9.44. The van der Waals surface area contributed by atoms with Crippen LogP contribution in [0.4, 0.5) is 10.2 Å². The van der Waals surface area contributed by atoms with Crippen LogP contribution in [0.25, 0.3) is 0 Å². The molecule has 1 heterocycles. The molecule has 0 aliphatic rings. The van der Waals surface area contributed by atoms with Crippen molar-refractivity contribution < 1.29 is 24.4 Å². The van der Waals surface area contributed by atoms with Gasteiger partial charge in [-0.3, -0.25) is 4.57 Å². The van der Waals surface area contributed by atoms with E-state index in [0.29, 0.717) is 10.8 Å². The minimum Gasteiger partial charge on any atom is -0.394 e. The SMILES string of the molecule is C#C[C@H](O)[C@@H](CO)O[C@H](CO)n1cc(F)c(N)nc1=O. The second-order valence-electron chi connectivity index (χ2n) is 3.77. The third-order valence-electron chi connectivity index (χ3n) is 2.44. The largest absolute Gasteiger partial charge is 0.394 e. The molecule has 0 spiro atoms. The van der Waals surface area contributed by atoms with Gasteiger partial charge < -0.3 is 25.8 Å². The maximum absolute atomic E-state index is 13.3. The molecule has 5 N–H and O–H groups in total. The van der Waals surface area contributed by atoms with Gasteiger partial charge in [-0.05, 0) is 0 Å². The quantitative estimate of drug-likeness (QED) is 0.438. The first-order valence-electron chi connectivity index (χ1n) is 5.50. The fourth-order valence-electron chi connectivity index (χ4n) is 1.39. The van der Waals surface area contributed by atoms with Crippen molar-refractivity contribution in [3.63, 3.8) is 0 Å². The first kappa shape index (κ1) is 16.1. The average Bonchev–Trinajstić information content (AvgIpc) is 2.44. The average molecular weight is 287 g/mol. The summed E-state index contributed by atoms with van der Waals surface area (Å²) in [5, 5.41) is 27.6. The Labute approximate surface area is 113 Å². The van der Waals surface area contributed by atoms with E-state index < -0.39 is 49.0 Å². The molecule has 8 nitrogen and oxygen atoms in total. The van der Waals surface area contributed by atoms with Crippen LogP contribution in [0.15, 0.2) is 11.0 Å². The van der Waals surface area contributed by atoms with Crippen molar-refractivity contribution in [2.75, 3.05) is 18.9 Å². The van der Waals surface area contributed by atoms with Gasteiger partial charge in [0.15, 0.2) is 17.9 Å². The Bertz CT molecular complexity index is 556. The number of ether oxygens (including phenoxy) is 1. The Morgan fingerprint density at radius 2 is 2.20 bits per heavy atom. The van der Waals surface area contributed by atoms with Crippen molar-refractivity contribution in [3.8, 4) is 12.3 Å². The van der Waals surface area contributed by atoms with Gasteiger partial charge in [0.2, 0.25) is 0 Å². The summed E-state index contributed by atoms with van der Waals surface area (Å²) >= 11 is 0. The number of aromatic nitrogens is 2. The molecule has 0 aliphatic heterocycles. The lowest BCUT2D eigenvalue weighted by Crippen LogP contribution is -2.38. The molecule has 0 radical (unpaired) electrons. The van der Waals surface area contributed by atoms with Crippen LogP contribution >= 0.6 is 0 Å². The van der Waals surface area contributed by atoms with Crippen LogP contribution in [0.2, 0.25) is 0 Å². The van der Waals surface area contributed by atoms with E-state index in [4.69, 9.17) is 22.0 Å². The van der Waals surface area contributed by atoms with Crippen molar-refractivity contribution in [2.45, 2.75) is 18.4 Å². The van der Waals surface area contributed by atoms with Crippen LogP contribution < -0.4 is 11.4 Å². The molecule has 0 saturated carbocycles. The van der Waals surface area contributed by atoms with E-state index in [2.05, 4.69) is 4.98 Å². The van der Waals surface area contributed by atoms with E-state index in [1.807, 2.05) is 5.92 Å². The number of aliphatic hydroxyl groups is 3. The summed E-state index contributed by atoms with van der Waals surface area (Å²) in [7, 11) is 0. The summed E-state index contributed by atoms with van der Waals surface area (Å²) in [6.45, 7) is -1.40. The van der Waals surface area contributed by atoms with E-state index in [0.717, 1.165) is 0 Å². The van der Waals surface area contributed by atoms with Crippen molar-refractivity contribution >= 4 is 5.82 Å². The van der Waals surface area contributed by atoms with Crippen molar-refractivity contribution in [1.82, 2.24) is 9.55 Å². The van der Waals surface area contributed by atoms with Gasteiger partial charge in [0.05, 0.1) is 19.4 Å². The highest BCUT2D eigenvalue weighted by Crippen LogP contribution is 2.13. The summed E-state index contributed by atoms with van der Waals surface area (Å²) in [6, 6.07) is 0. The van der Waals surface area contributed by atoms with Crippen molar-refractivity contribution in [1.29, 1.82) is 0 Å². The van der Waals surface area contributed by atoms with Gasteiger partial charge in [-0.1, -0.05) is 5.92 Å². The number of nitrogens with zero attached hydrogens (tertiary/aromatic N) is 2. The van der Waals surface area contributed by atoms with E-state index in [-0.39, 0.29) is 0 Å². The maximum Gasteiger partial charge on any atom is 0.351 e. The molecule has 0 bridgehead atoms. The summed E-state index contributed by atoms with van der Waals surface area (Å²) < 4.78 is 19.0. The number of terminal acetylenes is 1. The van der Waals surface area contributed by atoms with Crippen LogP contribution in [0.3, 0.4) is 0 Å². The van der Waals surface area contributed by atoms with E-state index >= 15 is 0 Å². The van der Waals surface area contributed by atoms with E-state index in [1.165, 1.54) is 0 Å². The molecule has 0 fully saturated rings. The van der Waals surface area contributed by atoms with Crippen molar-refractivity contribution in [2.24, 2.45) is 0 Å². The third kappa shape index (κ3) is 3.52. The molecule has 1 aromatic rings. The van der Waals surface area contributed by atoms with Gasteiger partial charge in [0.25, 0.3) is 0 Å². The molecule has 1 rings (SSSR count). The van der Waals surface area contributed by atoms with Crippen LogP contribution in [-0.4, -0.2) is 50.3 Å². The zero-order valence-corrected chi connectivity index (χ0v) is 10.3. The summed E-state index contributed by atoms with van der Waals surface area (Å²) in [5.41, 5.74) is 4.16. The van der Waals surface area contributed by atoms with Crippen LogP contribution in [0.5, 0.6) is 0 Å². The monoisotopic (exact) mass is 287 g/mol. The highest BCUT2D eigenvalue weighted by Gasteiger charge is 2.24. The zero-order chi connectivity index (χ0) is 15.3. The van der Waals surface area contributed by atoms with Crippen molar-refractivity contribution in [3.05, 3.63) is 22.5 Å². The van der Waals surface area contributed by atoms with E-state index in [9.17, 15) is 19.4 Å². The number of anilines is 1. The molecule has 3 atom stereocenters. The Hall–Kier alpha value is -1.99. The lowest BCUT2D eigenvalue weighted by molar-refractivity contribution is -0.127.